The first kappa shape index (κ1) is 30.0. The van der Waals surface area contributed by atoms with Crippen molar-refractivity contribution in [2.75, 3.05) is 19.8 Å². The lowest BCUT2D eigenvalue weighted by Gasteiger charge is -2.40. The average molecular weight is 645 g/mol. The number of carbonyl (C=O) groups is 1. The second kappa shape index (κ2) is 10.9. The van der Waals surface area contributed by atoms with Crippen molar-refractivity contribution in [3.63, 3.8) is 0 Å². The maximum atomic E-state index is 14.5. The van der Waals surface area contributed by atoms with Gasteiger partial charge in [0.05, 0.1) is 30.3 Å². The molecule has 3 aliphatic heterocycles. The first-order valence-corrected chi connectivity index (χ1v) is 16.9. The van der Waals surface area contributed by atoms with Gasteiger partial charge in [-0.2, -0.15) is 0 Å². The SMILES string of the molecule is Cc1cc(C)c(CN2CC3(CC3)c3c(Cl)c4c(c(C)c3C2=O)OC(C)(C2CCC3(CC2)OCCO3)O4)c(OCc2ccccc2)n1. The van der Waals surface area contributed by atoms with Gasteiger partial charge in [0.2, 0.25) is 5.88 Å². The Balaban J connectivity index is 1.09. The molecule has 0 radical (unpaired) electrons. The fourth-order valence-electron chi connectivity index (χ4n) is 8.15. The van der Waals surface area contributed by atoms with Gasteiger partial charge in [-0.3, -0.25) is 4.79 Å². The van der Waals surface area contributed by atoms with Crippen LogP contribution in [0.2, 0.25) is 5.02 Å². The number of fused-ring (bicyclic) bond motifs is 3. The minimum atomic E-state index is -0.879. The lowest BCUT2D eigenvalue weighted by atomic mass is 9.80. The summed E-state index contributed by atoms with van der Waals surface area (Å²) in [5.74, 6) is 0.495. The number of ether oxygens (including phenoxy) is 5. The van der Waals surface area contributed by atoms with Gasteiger partial charge >= 0.3 is 0 Å². The number of nitrogens with zero attached hydrogens (tertiary/aromatic N) is 2. The number of aryl methyl sites for hydroxylation is 2. The number of amides is 1. The fraction of sp³-hybridized carbons (Fsp3) is 0.514. The second-order valence-electron chi connectivity index (χ2n) is 14.0. The highest BCUT2D eigenvalue weighted by molar-refractivity contribution is 6.34. The van der Waals surface area contributed by atoms with Crippen LogP contribution in [0.15, 0.2) is 36.4 Å². The monoisotopic (exact) mass is 644 g/mol. The van der Waals surface area contributed by atoms with E-state index in [1.807, 2.05) is 56.0 Å². The smallest absolute Gasteiger partial charge is 0.254 e. The van der Waals surface area contributed by atoms with Crippen molar-refractivity contribution in [3.8, 4) is 17.4 Å². The molecular formula is C37H41ClN2O6. The normalized spacial score (nSPS) is 24.1. The van der Waals surface area contributed by atoms with Crippen LogP contribution in [0, 0.1) is 26.7 Å². The van der Waals surface area contributed by atoms with Crippen molar-refractivity contribution in [1.82, 2.24) is 9.88 Å². The van der Waals surface area contributed by atoms with Crippen LogP contribution in [0.3, 0.4) is 0 Å². The van der Waals surface area contributed by atoms with Crippen LogP contribution in [0.1, 0.15) is 89.3 Å². The summed E-state index contributed by atoms with van der Waals surface area (Å²) in [6.07, 6.45) is 5.26. The molecule has 5 aliphatic rings. The summed E-state index contributed by atoms with van der Waals surface area (Å²) in [5, 5.41) is 0.527. The second-order valence-corrected chi connectivity index (χ2v) is 14.4. The van der Waals surface area contributed by atoms with Gasteiger partial charge in [0, 0.05) is 54.5 Å². The largest absolute Gasteiger partial charge is 0.473 e. The molecule has 242 valence electrons. The zero-order valence-corrected chi connectivity index (χ0v) is 27.8. The van der Waals surface area contributed by atoms with E-state index in [0.717, 1.165) is 72.0 Å². The highest BCUT2D eigenvalue weighted by Gasteiger charge is 2.57. The van der Waals surface area contributed by atoms with E-state index < -0.39 is 11.6 Å². The Morgan fingerprint density at radius 2 is 1.70 bits per heavy atom. The minimum absolute atomic E-state index is 0.0453. The Morgan fingerprint density at radius 1 is 1.00 bits per heavy atom. The summed E-state index contributed by atoms with van der Waals surface area (Å²) in [6.45, 7) is 10.7. The van der Waals surface area contributed by atoms with E-state index in [2.05, 4.69) is 13.0 Å². The number of hydrogen-bond donors (Lipinski definition) is 0. The van der Waals surface area contributed by atoms with Crippen molar-refractivity contribution < 1.29 is 28.5 Å². The van der Waals surface area contributed by atoms with Crippen LogP contribution >= 0.6 is 11.6 Å². The molecule has 1 unspecified atom stereocenters. The van der Waals surface area contributed by atoms with Crippen LogP contribution in [0.5, 0.6) is 17.4 Å². The van der Waals surface area contributed by atoms with Gasteiger partial charge in [-0.05, 0) is 69.2 Å². The number of carbonyl (C=O) groups excluding carboxylic acids is 1. The Hall–Kier alpha value is -3.33. The first-order valence-electron chi connectivity index (χ1n) is 16.6. The summed E-state index contributed by atoms with van der Waals surface area (Å²) in [7, 11) is 0. The molecule has 1 saturated heterocycles. The molecule has 8 rings (SSSR count). The predicted octanol–water partition coefficient (Wildman–Crippen LogP) is 7.35. The minimum Gasteiger partial charge on any atom is -0.473 e. The molecule has 3 fully saturated rings. The predicted molar refractivity (Wildman–Crippen MR) is 173 cm³/mol. The molecule has 1 aromatic heterocycles. The highest BCUT2D eigenvalue weighted by atomic mass is 35.5. The van der Waals surface area contributed by atoms with E-state index in [9.17, 15) is 4.79 Å². The Morgan fingerprint density at radius 3 is 2.39 bits per heavy atom. The summed E-state index contributed by atoms with van der Waals surface area (Å²) >= 11 is 7.23. The van der Waals surface area contributed by atoms with Gasteiger partial charge in [0.25, 0.3) is 11.7 Å². The van der Waals surface area contributed by atoms with Gasteiger partial charge in [-0.25, -0.2) is 4.98 Å². The lowest BCUT2D eigenvalue weighted by molar-refractivity contribution is -0.205. The van der Waals surface area contributed by atoms with Gasteiger partial charge < -0.3 is 28.6 Å². The third kappa shape index (κ3) is 4.87. The van der Waals surface area contributed by atoms with E-state index in [1.54, 1.807) is 0 Å². The standard InChI is InChI=1S/C37H41ClN2O6/c1-22-18-23(2)39-33(42-20-25-8-6-5-7-9-25)27(22)19-40-21-36(14-15-36)29-28(34(40)41)24(3)31-32(30(29)38)46-35(4,45-31)26-10-12-37(13-11-26)43-16-17-44-37/h5-9,18,26H,10-17,19-21H2,1-4H3. The van der Waals surface area contributed by atoms with Gasteiger partial charge in [0.15, 0.2) is 17.3 Å². The number of aromatic nitrogens is 1. The van der Waals surface area contributed by atoms with E-state index in [4.69, 9.17) is 40.3 Å². The van der Waals surface area contributed by atoms with Gasteiger partial charge in [-0.15, -0.1) is 0 Å². The number of hydrogen-bond acceptors (Lipinski definition) is 7. The van der Waals surface area contributed by atoms with Crippen LogP contribution in [-0.2, 0) is 28.0 Å². The first-order chi connectivity index (χ1) is 22.1. The van der Waals surface area contributed by atoms with E-state index in [-0.39, 0.29) is 17.2 Å². The van der Waals surface area contributed by atoms with E-state index in [1.165, 1.54) is 0 Å². The molecule has 9 heteroatoms. The maximum Gasteiger partial charge on any atom is 0.254 e. The summed E-state index contributed by atoms with van der Waals surface area (Å²) in [5.41, 5.74) is 6.11. The van der Waals surface area contributed by atoms with Crippen molar-refractivity contribution in [2.24, 2.45) is 5.92 Å². The number of pyridine rings is 1. The zero-order valence-electron chi connectivity index (χ0n) is 27.0. The summed E-state index contributed by atoms with van der Waals surface area (Å²) in [4.78, 5) is 21.2. The molecular weight excluding hydrogens is 604 g/mol. The van der Waals surface area contributed by atoms with Crippen LogP contribution in [-0.4, -0.2) is 47.1 Å². The molecule has 2 spiro atoms. The van der Waals surface area contributed by atoms with Crippen LogP contribution in [0.25, 0.3) is 0 Å². The van der Waals surface area contributed by atoms with Gasteiger partial charge in [-0.1, -0.05) is 41.9 Å². The van der Waals surface area contributed by atoms with E-state index in [0.29, 0.717) is 60.9 Å². The number of benzene rings is 2. The van der Waals surface area contributed by atoms with Gasteiger partial charge in [0.1, 0.15) is 6.61 Å². The molecule has 4 heterocycles. The lowest BCUT2D eigenvalue weighted by Crippen LogP contribution is -2.48. The molecule has 1 amide bonds. The molecule has 8 nitrogen and oxygen atoms in total. The molecule has 3 aromatic rings. The number of rotatable bonds is 6. The van der Waals surface area contributed by atoms with Crippen molar-refractivity contribution in [1.29, 1.82) is 0 Å². The quantitative estimate of drug-likeness (QED) is 0.278. The zero-order chi connectivity index (χ0) is 31.8. The molecule has 0 N–H and O–H groups in total. The fourth-order valence-corrected chi connectivity index (χ4v) is 8.57. The Kier molecular flexibility index (Phi) is 7.09. The van der Waals surface area contributed by atoms with Crippen LogP contribution < -0.4 is 14.2 Å². The summed E-state index contributed by atoms with van der Waals surface area (Å²) in [6, 6.07) is 12.1. The third-order valence-electron chi connectivity index (χ3n) is 10.9. The third-order valence-corrected chi connectivity index (χ3v) is 11.2. The molecule has 0 bridgehead atoms. The van der Waals surface area contributed by atoms with Crippen molar-refractivity contribution in [2.45, 2.75) is 96.4 Å². The van der Waals surface area contributed by atoms with Crippen molar-refractivity contribution in [3.05, 3.63) is 80.5 Å². The summed E-state index contributed by atoms with van der Waals surface area (Å²) < 4.78 is 31.6. The molecule has 2 aliphatic carbocycles. The Bertz CT molecular complexity index is 1710. The average Bonchev–Trinajstić information content (AvgIpc) is 3.48. The molecule has 2 aromatic carbocycles. The molecule has 2 saturated carbocycles. The highest BCUT2D eigenvalue weighted by Crippen LogP contribution is 2.61. The van der Waals surface area contributed by atoms with Crippen molar-refractivity contribution >= 4 is 17.5 Å². The number of halogens is 1. The van der Waals surface area contributed by atoms with Crippen LogP contribution in [0.4, 0.5) is 0 Å². The van der Waals surface area contributed by atoms with E-state index >= 15 is 0 Å². The molecule has 1 atom stereocenters. The Labute approximate surface area is 275 Å². The maximum absolute atomic E-state index is 14.5. The topological polar surface area (TPSA) is 79.4 Å². The molecule has 46 heavy (non-hydrogen) atoms.